The molecule has 0 atom stereocenters. The lowest BCUT2D eigenvalue weighted by molar-refractivity contribution is -0.113. The predicted octanol–water partition coefficient (Wildman–Crippen LogP) is 2.80. The van der Waals surface area contributed by atoms with Crippen LogP contribution in [-0.2, 0) is 4.79 Å². The highest BCUT2D eigenvalue weighted by Gasteiger charge is 2.22. The molecule has 6 nitrogen and oxygen atoms in total. The number of aromatic nitrogens is 4. The van der Waals surface area contributed by atoms with Crippen LogP contribution in [-0.4, -0.2) is 31.9 Å². The third kappa shape index (κ3) is 3.84. The first-order valence-electron chi connectivity index (χ1n) is 7.29. The van der Waals surface area contributed by atoms with Crippen molar-refractivity contribution >= 4 is 23.4 Å². The number of carbonyl (C=O) groups excluding carboxylic acids is 1. The minimum Gasteiger partial charge on any atom is -0.323 e. The van der Waals surface area contributed by atoms with Crippen LogP contribution < -0.4 is 5.32 Å². The molecule has 23 heavy (non-hydrogen) atoms. The van der Waals surface area contributed by atoms with E-state index < -0.39 is 17.5 Å². The second-order valence-corrected chi connectivity index (χ2v) is 6.25. The van der Waals surface area contributed by atoms with E-state index in [9.17, 15) is 13.6 Å². The predicted molar refractivity (Wildman–Crippen MR) is 81.0 cm³/mol. The molecular formula is C14H15F2N5OS. The molecule has 122 valence electrons. The van der Waals surface area contributed by atoms with E-state index in [1.54, 1.807) is 4.68 Å². The Morgan fingerprint density at radius 1 is 1.35 bits per heavy atom. The summed E-state index contributed by atoms with van der Waals surface area (Å²) in [4.78, 5) is 11.9. The normalized spacial score (nSPS) is 15.0. The SMILES string of the molecule is O=C(CSc1nnnn1C1CCCC1)Nc1ccc(F)cc1F. The summed E-state index contributed by atoms with van der Waals surface area (Å²) in [7, 11) is 0. The van der Waals surface area contributed by atoms with Crippen molar-refractivity contribution in [2.75, 3.05) is 11.1 Å². The first-order chi connectivity index (χ1) is 11.1. The fourth-order valence-electron chi connectivity index (χ4n) is 2.57. The number of nitrogens with zero attached hydrogens (tertiary/aromatic N) is 4. The molecule has 1 aromatic carbocycles. The van der Waals surface area contributed by atoms with Gasteiger partial charge in [-0.25, -0.2) is 13.5 Å². The van der Waals surface area contributed by atoms with E-state index in [0.29, 0.717) is 5.16 Å². The number of nitrogens with one attached hydrogen (secondary N) is 1. The van der Waals surface area contributed by atoms with Gasteiger partial charge >= 0.3 is 0 Å². The number of carbonyl (C=O) groups is 1. The summed E-state index contributed by atoms with van der Waals surface area (Å²) in [6, 6.07) is 3.29. The fourth-order valence-corrected chi connectivity index (χ4v) is 3.31. The minimum atomic E-state index is -0.806. The lowest BCUT2D eigenvalue weighted by atomic mass is 10.3. The van der Waals surface area contributed by atoms with Gasteiger partial charge in [-0.3, -0.25) is 4.79 Å². The van der Waals surface area contributed by atoms with E-state index in [-0.39, 0.29) is 17.5 Å². The second-order valence-electron chi connectivity index (χ2n) is 5.31. The molecule has 0 unspecified atom stereocenters. The summed E-state index contributed by atoms with van der Waals surface area (Å²) in [6.07, 6.45) is 4.37. The highest BCUT2D eigenvalue weighted by atomic mass is 32.2. The number of anilines is 1. The second kappa shape index (κ2) is 7.03. The molecule has 3 rings (SSSR count). The number of tetrazole rings is 1. The van der Waals surface area contributed by atoms with Crippen molar-refractivity contribution in [1.82, 2.24) is 20.2 Å². The molecule has 9 heteroatoms. The van der Waals surface area contributed by atoms with E-state index in [2.05, 4.69) is 20.8 Å². The van der Waals surface area contributed by atoms with Crippen molar-refractivity contribution in [3.63, 3.8) is 0 Å². The van der Waals surface area contributed by atoms with Gasteiger partial charge in [-0.05, 0) is 35.4 Å². The largest absolute Gasteiger partial charge is 0.323 e. The van der Waals surface area contributed by atoms with Crippen LogP contribution in [0.5, 0.6) is 0 Å². The van der Waals surface area contributed by atoms with E-state index in [1.807, 2.05) is 0 Å². The van der Waals surface area contributed by atoms with E-state index >= 15 is 0 Å². The van der Waals surface area contributed by atoms with Crippen LogP contribution in [0.2, 0.25) is 0 Å². The van der Waals surface area contributed by atoms with Crippen LogP contribution in [0, 0.1) is 11.6 Å². The lowest BCUT2D eigenvalue weighted by Crippen LogP contribution is -2.16. The van der Waals surface area contributed by atoms with Gasteiger partial charge < -0.3 is 5.32 Å². The maximum Gasteiger partial charge on any atom is 0.234 e. The Hall–Kier alpha value is -2.03. The highest BCUT2D eigenvalue weighted by molar-refractivity contribution is 7.99. The molecule has 1 N–H and O–H groups in total. The van der Waals surface area contributed by atoms with Crippen molar-refractivity contribution in [2.24, 2.45) is 0 Å². The van der Waals surface area contributed by atoms with Crippen molar-refractivity contribution in [1.29, 1.82) is 0 Å². The monoisotopic (exact) mass is 339 g/mol. The number of amides is 1. The van der Waals surface area contributed by atoms with E-state index in [1.165, 1.54) is 17.8 Å². The molecule has 1 fully saturated rings. The van der Waals surface area contributed by atoms with Crippen LogP contribution in [0.1, 0.15) is 31.7 Å². The van der Waals surface area contributed by atoms with Crippen LogP contribution in [0.3, 0.4) is 0 Å². The number of hydrogen-bond acceptors (Lipinski definition) is 5. The number of thioether (sulfide) groups is 1. The first-order valence-corrected chi connectivity index (χ1v) is 8.27. The molecule has 1 aliphatic rings. The Morgan fingerprint density at radius 2 is 2.13 bits per heavy atom. The molecule has 0 saturated heterocycles. The smallest absolute Gasteiger partial charge is 0.234 e. The Morgan fingerprint density at radius 3 is 2.87 bits per heavy atom. The molecule has 2 aromatic rings. The standard InChI is InChI=1S/C14H15F2N5OS/c15-9-5-6-12(11(16)7-9)17-13(22)8-23-14-18-19-20-21(14)10-3-1-2-4-10/h5-7,10H,1-4,8H2,(H,17,22). The Labute approximate surface area is 135 Å². The van der Waals surface area contributed by atoms with Crippen molar-refractivity contribution in [3.8, 4) is 0 Å². The van der Waals surface area contributed by atoms with E-state index in [4.69, 9.17) is 0 Å². The van der Waals surface area contributed by atoms with Crippen molar-refractivity contribution < 1.29 is 13.6 Å². The van der Waals surface area contributed by atoms with Gasteiger partial charge in [0.05, 0.1) is 17.5 Å². The minimum absolute atomic E-state index is 0.0455. The van der Waals surface area contributed by atoms with Gasteiger partial charge in [0.1, 0.15) is 11.6 Å². The zero-order chi connectivity index (χ0) is 16.2. The third-order valence-corrected chi connectivity index (χ3v) is 4.60. The molecule has 0 bridgehead atoms. The molecule has 1 aliphatic carbocycles. The van der Waals surface area contributed by atoms with Gasteiger partial charge in [-0.15, -0.1) is 5.10 Å². The summed E-state index contributed by atoms with van der Waals surface area (Å²) in [5.74, 6) is -1.85. The molecule has 1 heterocycles. The Bertz CT molecular complexity index is 702. The Balaban J connectivity index is 1.58. The summed E-state index contributed by atoms with van der Waals surface area (Å²) in [6.45, 7) is 0. The summed E-state index contributed by atoms with van der Waals surface area (Å²) in [5, 5.41) is 14.6. The van der Waals surface area contributed by atoms with Gasteiger partial charge in [0.25, 0.3) is 0 Å². The molecular weight excluding hydrogens is 324 g/mol. The highest BCUT2D eigenvalue weighted by Crippen LogP contribution is 2.31. The Kier molecular flexibility index (Phi) is 4.85. The quantitative estimate of drug-likeness (QED) is 0.848. The molecule has 0 radical (unpaired) electrons. The summed E-state index contributed by atoms with van der Waals surface area (Å²) in [5.41, 5.74) is -0.0487. The maximum atomic E-state index is 13.5. The average Bonchev–Trinajstić information content (AvgIpc) is 3.18. The van der Waals surface area contributed by atoms with Crippen molar-refractivity contribution in [3.05, 3.63) is 29.8 Å². The number of hydrogen-bond donors (Lipinski definition) is 1. The third-order valence-electron chi connectivity index (χ3n) is 3.67. The fraction of sp³-hybridized carbons (Fsp3) is 0.429. The van der Waals surface area contributed by atoms with Crippen LogP contribution in [0.25, 0.3) is 0 Å². The number of rotatable bonds is 5. The van der Waals surface area contributed by atoms with Crippen LogP contribution >= 0.6 is 11.8 Å². The van der Waals surface area contributed by atoms with Gasteiger partial charge in [0.15, 0.2) is 0 Å². The van der Waals surface area contributed by atoms with Gasteiger partial charge in [0.2, 0.25) is 11.1 Å². The average molecular weight is 339 g/mol. The summed E-state index contributed by atoms with van der Waals surface area (Å²) < 4.78 is 28.1. The van der Waals surface area contributed by atoms with Crippen LogP contribution in [0.15, 0.2) is 23.4 Å². The molecule has 0 spiro atoms. The molecule has 1 aromatic heterocycles. The van der Waals surface area contributed by atoms with Gasteiger partial charge in [0, 0.05) is 6.07 Å². The first kappa shape index (κ1) is 15.9. The molecule has 1 amide bonds. The number of benzene rings is 1. The summed E-state index contributed by atoms with van der Waals surface area (Å²) >= 11 is 1.20. The van der Waals surface area contributed by atoms with Gasteiger partial charge in [-0.2, -0.15) is 0 Å². The van der Waals surface area contributed by atoms with E-state index in [0.717, 1.165) is 37.8 Å². The maximum absolute atomic E-state index is 13.5. The van der Waals surface area contributed by atoms with Crippen molar-refractivity contribution in [2.45, 2.75) is 36.9 Å². The molecule has 1 saturated carbocycles. The molecule has 0 aliphatic heterocycles. The zero-order valence-electron chi connectivity index (χ0n) is 12.2. The van der Waals surface area contributed by atoms with Crippen LogP contribution in [0.4, 0.5) is 14.5 Å². The topological polar surface area (TPSA) is 72.7 Å². The van der Waals surface area contributed by atoms with Gasteiger partial charge in [-0.1, -0.05) is 24.6 Å². The zero-order valence-corrected chi connectivity index (χ0v) is 13.0. The number of halogens is 2. The lowest BCUT2D eigenvalue weighted by Gasteiger charge is -2.10.